The number of nitrogens with zero attached hydrogens (tertiary/aromatic N) is 1. The number of carbonyl (C=O) groups excluding carboxylic acids is 3. The summed E-state index contributed by atoms with van der Waals surface area (Å²) in [6.07, 6.45) is -1.51. The molecule has 0 aromatic heterocycles. The lowest BCUT2D eigenvalue weighted by molar-refractivity contribution is -0.148. The molecular weight excluding hydrogens is 559 g/mol. The van der Waals surface area contributed by atoms with Gasteiger partial charge in [0, 0.05) is 18.0 Å². The average molecular weight is 594 g/mol. The van der Waals surface area contributed by atoms with Gasteiger partial charge in [0.15, 0.2) is 11.4 Å². The van der Waals surface area contributed by atoms with E-state index in [1.54, 1.807) is 0 Å². The number of benzene rings is 1. The zero-order valence-electron chi connectivity index (χ0n) is 23.2. The van der Waals surface area contributed by atoms with Gasteiger partial charge in [-0.3, -0.25) is 19.3 Å². The topological polar surface area (TPSA) is 173 Å². The smallest absolute Gasteiger partial charge is 0.417 e. The van der Waals surface area contributed by atoms with E-state index in [1.807, 2.05) is 0 Å². The molecule has 1 saturated carbocycles. The third kappa shape index (κ3) is 4.49. The minimum Gasteiger partial charge on any atom is -0.510 e. The second-order valence-electron chi connectivity index (χ2n) is 12.0. The van der Waals surface area contributed by atoms with Gasteiger partial charge in [-0.25, -0.2) is 0 Å². The van der Waals surface area contributed by atoms with Crippen molar-refractivity contribution in [1.82, 2.24) is 10.2 Å². The second kappa shape index (κ2) is 10.4. The van der Waals surface area contributed by atoms with Crippen molar-refractivity contribution < 1.29 is 48.0 Å². The third-order valence-corrected chi connectivity index (χ3v) is 9.31. The fourth-order valence-electron chi connectivity index (χ4n) is 7.51. The molecule has 1 amide bonds. The monoisotopic (exact) mass is 593 g/mol. The molecule has 0 bridgehead atoms. The van der Waals surface area contributed by atoms with E-state index < -0.39 is 98.7 Å². The number of likely N-dealkylation sites (N-methyl/N-ethyl adjacent to an activating group) is 1. The highest BCUT2D eigenvalue weighted by molar-refractivity contribution is 6.24. The average Bonchev–Trinajstić information content (AvgIpc) is 3.38. The van der Waals surface area contributed by atoms with Crippen LogP contribution in [0, 0.1) is 17.8 Å². The van der Waals surface area contributed by atoms with Crippen molar-refractivity contribution in [2.45, 2.75) is 62.9 Å². The molecule has 0 unspecified atom stereocenters. The van der Waals surface area contributed by atoms with E-state index in [1.165, 1.54) is 19.0 Å². The number of rotatable bonds is 6. The van der Waals surface area contributed by atoms with Crippen LogP contribution in [0.2, 0.25) is 0 Å². The summed E-state index contributed by atoms with van der Waals surface area (Å²) >= 11 is 0. The predicted molar refractivity (Wildman–Crippen MR) is 142 cm³/mol. The first-order valence-corrected chi connectivity index (χ1v) is 13.9. The van der Waals surface area contributed by atoms with Crippen LogP contribution in [0.1, 0.15) is 59.2 Å². The Morgan fingerprint density at radius 3 is 2.38 bits per heavy atom. The van der Waals surface area contributed by atoms with Gasteiger partial charge in [-0.05, 0) is 75.4 Å². The van der Waals surface area contributed by atoms with Gasteiger partial charge in [-0.1, -0.05) is 12.8 Å². The summed E-state index contributed by atoms with van der Waals surface area (Å²) in [5, 5.41) is 47.7. The van der Waals surface area contributed by atoms with Crippen LogP contribution < -0.4 is 11.1 Å². The molecule has 42 heavy (non-hydrogen) atoms. The van der Waals surface area contributed by atoms with Crippen molar-refractivity contribution in [3.05, 3.63) is 51.0 Å². The van der Waals surface area contributed by atoms with Crippen LogP contribution >= 0.6 is 0 Å². The maximum Gasteiger partial charge on any atom is 0.417 e. The predicted octanol–water partition coefficient (Wildman–Crippen LogP) is 2.42. The Morgan fingerprint density at radius 2 is 1.81 bits per heavy atom. The number of nitrogens with two attached hydrogens (primary N) is 1. The summed E-state index contributed by atoms with van der Waals surface area (Å²) in [6, 6.07) is -0.351. The minimum atomic E-state index is -4.88. The maximum absolute atomic E-state index is 14.6. The highest BCUT2D eigenvalue weighted by Crippen LogP contribution is 2.53. The van der Waals surface area contributed by atoms with E-state index in [0.717, 1.165) is 31.7 Å². The van der Waals surface area contributed by atoms with E-state index in [-0.39, 0.29) is 18.5 Å². The first-order valence-electron chi connectivity index (χ1n) is 13.9. The number of hydrogen-bond acceptors (Lipinski definition) is 9. The molecule has 10 nitrogen and oxygen atoms in total. The number of primary amides is 1. The van der Waals surface area contributed by atoms with Crippen molar-refractivity contribution in [3.63, 3.8) is 0 Å². The number of Topliss-reactive ketones (excluding diaryl/α,β-unsaturated/α-hetero) is 2. The molecule has 13 heteroatoms. The fourth-order valence-corrected chi connectivity index (χ4v) is 7.51. The third-order valence-electron chi connectivity index (χ3n) is 9.31. The molecule has 0 radical (unpaired) electrons. The van der Waals surface area contributed by atoms with E-state index in [9.17, 15) is 48.0 Å². The molecule has 1 fully saturated rings. The molecule has 4 aliphatic carbocycles. The number of alkyl halides is 3. The van der Waals surface area contributed by atoms with Gasteiger partial charge in [0.25, 0.3) is 5.91 Å². The number of aliphatic hydroxyl groups is 3. The molecule has 5 rings (SSSR count). The summed E-state index contributed by atoms with van der Waals surface area (Å²) in [7, 11) is 2.94. The molecule has 4 atom stereocenters. The number of carbonyl (C=O) groups is 3. The van der Waals surface area contributed by atoms with Gasteiger partial charge in [-0.2, -0.15) is 13.2 Å². The normalized spacial score (nSPS) is 28.3. The van der Waals surface area contributed by atoms with Gasteiger partial charge < -0.3 is 31.5 Å². The summed E-state index contributed by atoms with van der Waals surface area (Å²) in [6.45, 7) is 0.328. The van der Waals surface area contributed by atoms with Gasteiger partial charge in [-0.15, -0.1) is 0 Å². The van der Waals surface area contributed by atoms with Crippen molar-refractivity contribution in [2.24, 2.45) is 23.5 Å². The van der Waals surface area contributed by atoms with E-state index >= 15 is 0 Å². The van der Waals surface area contributed by atoms with E-state index in [4.69, 9.17) is 5.73 Å². The number of allylic oxidation sites excluding steroid dienone is 1. The quantitative estimate of drug-likeness (QED) is 0.271. The maximum atomic E-state index is 14.6. The number of halogens is 3. The minimum absolute atomic E-state index is 0.187. The van der Waals surface area contributed by atoms with Crippen molar-refractivity contribution >= 4 is 17.5 Å². The lowest BCUT2D eigenvalue weighted by atomic mass is 9.58. The highest BCUT2D eigenvalue weighted by Gasteiger charge is 2.63. The number of phenolic OH excluding ortho intramolecular Hbond substituents is 1. The number of fused-ring (bicyclic) bond motifs is 3. The summed E-state index contributed by atoms with van der Waals surface area (Å²) in [5.74, 6) is -8.61. The zero-order valence-corrected chi connectivity index (χ0v) is 23.2. The van der Waals surface area contributed by atoms with Crippen LogP contribution in [0.3, 0.4) is 0 Å². The van der Waals surface area contributed by atoms with Crippen molar-refractivity contribution in [3.8, 4) is 5.75 Å². The number of hydrogen-bond donors (Lipinski definition) is 6. The molecule has 0 saturated heterocycles. The van der Waals surface area contributed by atoms with Gasteiger partial charge in [0.1, 0.15) is 22.8 Å². The molecule has 1 aromatic rings. The number of aliphatic hydroxyl groups excluding tert-OH is 2. The van der Waals surface area contributed by atoms with Gasteiger partial charge in [0.2, 0.25) is 5.78 Å². The molecule has 0 heterocycles. The number of aromatic hydroxyl groups is 1. The Bertz CT molecular complexity index is 1430. The van der Waals surface area contributed by atoms with Gasteiger partial charge >= 0.3 is 6.18 Å². The molecule has 7 N–H and O–H groups in total. The fraction of sp³-hybridized carbons (Fsp3) is 0.552. The molecule has 0 spiro atoms. The first-order chi connectivity index (χ1) is 19.6. The second-order valence-corrected chi connectivity index (χ2v) is 12.0. The molecule has 228 valence electrons. The standard InChI is InChI=1S/C29H34F3N3O7/c1-35(2)22-16-8-13-7-15-19(23(37)18(13)25(39)28(16,42)26(40)20(24(22)38)27(33)41)17(36)9-14(21(15)29(30,31)32)11-34-10-12-5-3-4-6-12/h9,12-13,16,22,34,36,38-39,42H,3-8,10-11H2,1-2H3,(H2,33,41)/t13-,16-,22-,28-/m0/s1. The first kappa shape index (κ1) is 30.1. The molecular formula is C29H34F3N3O7. The molecule has 1 aromatic carbocycles. The summed E-state index contributed by atoms with van der Waals surface area (Å²) < 4.78 is 43.8. The van der Waals surface area contributed by atoms with E-state index in [0.29, 0.717) is 12.5 Å². The Hall–Kier alpha value is -3.42. The van der Waals surface area contributed by atoms with Crippen LogP contribution in [0.25, 0.3) is 0 Å². The van der Waals surface area contributed by atoms with Crippen LogP contribution in [0.5, 0.6) is 5.75 Å². The SMILES string of the molecule is CN(C)[C@@H]1C(O)=C(C(N)=O)C(=O)[C@@]2(O)C(O)=C3C(=O)c4c(O)cc(CNCC5CCCC5)c(C(F)(F)F)c4C[C@H]3C[C@@H]12. The number of nitrogens with one attached hydrogen (secondary N) is 1. The summed E-state index contributed by atoms with van der Waals surface area (Å²) in [4.78, 5) is 40.5. The van der Waals surface area contributed by atoms with Gasteiger partial charge in [0.05, 0.1) is 17.2 Å². The lowest BCUT2D eigenvalue weighted by Crippen LogP contribution is -2.63. The van der Waals surface area contributed by atoms with Crippen molar-refractivity contribution in [2.75, 3.05) is 20.6 Å². The molecule has 0 aliphatic heterocycles. The lowest BCUT2D eigenvalue weighted by Gasteiger charge is -2.50. The Morgan fingerprint density at radius 1 is 1.17 bits per heavy atom. The Labute approximate surface area is 239 Å². The van der Waals surface area contributed by atoms with Crippen LogP contribution in [0.4, 0.5) is 13.2 Å². The number of amides is 1. The van der Waals surface area contributed by atoms with E-state index in [2.05, 4.69) is 5.32 Å². The van der Waals surface area contributed by atoms with Crippen LogP contribution in [0.15, 0.2) is 28.7 Å². The number of phenols is 1. The summed E-state index contributed by atoms with van der Waals surface area (Å²) in [5.41, 5.74) is -1.40. The largest absolute Gasteiger partial charge is 0.510 e. The molecule has 4 aliphatic rings. The Balaban J connectivity index is 1.63. The highest BCUT2D eigenvalue weighted by atomic mass is 19.4. The van der Waals surface area contributed by atoms with Crippen LogP contribution in [-0.4, -0.2) is 75.1 Å². The number of ketones is 2. The van der Waals surface area contributed by atoms with Crippen LogP contribution in [-0.2, 0) is 28.7 Å². The zero-order chi connectivity index (χ0) is 30.9. The Kier molecular flexibility index (Phi) is 7.43. The van der Waals surface area contributed by atoms with Crippen molar-refractivity contribution in [1.29, 1.82) is 0 Å².